The minimum atomic E-state index is -0.237. The molecule has 2 saturated carbocycles. The van der Waals surface area contributed by atoms with E-state index in [1.165, 1.54) is 6.42 Å². The van der Waals surface area contributed by atoms with E-state index >= 15 is 0 Å². The van der Waals surface area contributed by atoms with Crippen LogP contribution in [0.5, 0.6) is 0 Å². The van der Waals surface area contributed by atoms with Gasteiger partial charge in [-0.2, -0.15) is 0 Å². The van der Waals surface area contributed by atoms with Crippen LogP contribution in [0.3, 0.4) is 0 Å². The van der Waals surface area contributed by atoms with Crippen LogP contribution in [0.25, 0.3) is 22.1 Å². The number of halogens is 2. The van der Waals surface area contributed by atoms with Crippen molar-refractivity contribution in [3.05, 3.63) is 56.5 Å². The smallest absolute Gasteiger partial charge is 0.326 e. The number of aromatic nitrogens is 4. The monoisotopic (exact) mass is 838 g/mol. The summed E-state index contributed by atoms with van der Waals surface area (Å²) < 4.78 is 18.7. The predicted molar refractivity (Wildman–Crippen MR) is 214 cm³/mol. The third-order valence-electron chi connectivity index (χ3n) is 11.8. The molecule has 0 radical (unpaired) electrons. The zero-order valence-corrected chi connectivity index (χ0v) is 35.3. The SMILES string of the molecule is CCc1nc2cc(Br)ccc2n1CC(=O)O[C@@H]1CC(C)CC(c2cc(Br)cc3c2nc(CC)n3CC(=O)O[C@@H]2CC(C)CC[C@H]2C(C)C)[C@H]1C(C)C. The molecule has 3 unspecified atom stereocenters. The lowest BCUT2D eigenvalue weighted by Gasteiger charge is -2.43. The van der Waals surface area contributed by atoms with Gasteiger partial charge in [0.1, 0.15) is 36.9 Å². The first-order chi connectivity index (χ1) is 24.8. The second-order valence-electron chi connectivity index (χ2n) is 16.3. The van der Waals surface area contributed by atoms with E-state index in [0.717, 1.165) is 80.3 Å². The van der Waals surface area contributed by atoms with Gasteiger partial charge in [0.15, 0.2) is 0 Å². The molecular formula is C42H56Br2N4O4. The number of ether oxygens (including phenoxy) is 2. The summed E-state index contributed by atoms with van der Waals surface area (Å²) in [6.45, 7) is 17.9. The number of nitrogens with zero attached hydrogens (tertiary/aromatic N) is 4. The lowest BCUT2D eigenvalue weighted by atomic mass is 9.66. The highest BCUT2D eigenvalue weighted by molar-refractivity contribution is 9.10. The van der Waals surface area contributed by atoms with E-state index in [4.69, 9.17) is 19.4 Å². The van der Waals surface area contributed by atoms with Gasteiger partial charge < -0.3 is 18.6 Å². The maximum Gasteiger partial charge on any atom is 0.326 e. The van der Waals surface area contributed by atoms with Gasteiger partial charge in [0.25, 0.3) is 0 Å². The number of carbonyl (C=O) groups is 2. The first kappa shape index (κ1) is 39.0. The van der Waals surface area contributed by atoms with E-state index in [0.29, 0.717) is 30.1 Å². The number of hydrogen-bond acceptors (Lipinski definition) is 6. The Bertz CT molecular complexity index is 1910. The maximum atomic E-state index is 13.8. The third-order valence-corrected chi connectivity index (χ3v) is 12.8. The van der Waals surface area contributed by atoms with Crippen LogP contribution in [0.15, 0.2) is 39.3 Å². The fourth-order valence-corrected chi connectivity index (χ4v) is 10.2. The van der Waals surface area contributed by atoms with E-state index < -0.39 is 0 Å². The molecule has 0 aliphatic heterocycles. The number of rotatable bonds is 11. The molecule has 52 heavy (non-hydrogen) atoms. The van der Waals surface area contributed by atoms with Gasteiger partial charge in [0.2, 0.25) is 0 Å². The van der Waals surface area contributed by atoms with Crippen LogP contribution in [-0.4, -0.2) is 43.2 Å². The molecule has 0 amide bonds. The number of aryl methyl sites for hydroxylation is 2. The van der Waals surface area contributed by atoms with E-state index in [2.05, 4.69) is 104 Å². The maximum absolute atomic E-state index is 13.8. The average molecular weight is 841 g/mol. The molecule has 0 N–H and O–H groups in total. The molecule has 8 nitrogen and oxygen atoms in total. The van der Waals surface area contributed by atoms with Crippen LogP contribution in [-0.2, 0) is 45.0 Å². The summed E-state index contributed by atoms with van der Waals surface area (Å²) in [5, 5.41) is 0. The molecule has 10 heteroatoms. The van der Waals surface area contributed by atoms with Crippen molar-refractivity contribution in [2.24, 2.45) is 35.5 Å². The van der Waals surface area contributed by atoms with Crippen LogP contribution >= 0.6 is 31.9 Å². The summed E-state index contributed by atoms with van der Waals surface area (Å²) in [4.78, 5) is 37.5. The zero-order chi connectivity index (χ0) is 37.4. The summed E-state index contributed by atoms with van der Waals surface area (Å²) >= 11 is 7.39. The Labute approximate surface area is 326 Å². The highest BCUT2D eigenvalue weighted by Crippen LogP contribution is 2.48. The molecule has 4 aromatic rings. The highest BCUT2D eigenvalue weighted by atomic mass is 79.9. The summed E-state index contributed by atoms with van der Waals surface area (Å²) in [5.74, 6) is 3.57. The van der Waals surface area contributed by atoms with Gasteiger partial charge in [0, 0.05) is 27.7 Å². The van der Waals surface area contributed by atoms with Gasteiger partial charge in [-0.25, -0.2) is 9.97 Å². The van der Waals surface area contributed by atoms with Gasteiger partial charge in [0.05, 0.1) is 22.1 Å². The number of imidazole rings is 2. The summed E-state index contributed by atoms with van der Waals surface area (Å²) in [5.41, 5.74) is 4.82. The van der Waals surface area contributed by atoms with Crippen molar-refractivity contribution in [3.63, 3.8) is 0 Å². The Kier molecular flexibility index (Phi) is 12.2. The van der Waals surface area contributed by atoms with Gasteiger partial charge in [-0.05, 0) is 97.1 Å². The van der Waals surface area contributed by atoms with E-state index in [1.807, 2.05) is 22.8 Å². The van der Waals surface area contributed by atoms with Gasteiger partial charge in [-0.15, -0.1) is 0 Å². The molecule has 0 bridgehead atoms. The number of esters is 2. The van der Waals surface area contributed by atoms with E-state index in [-0.39, 0.29) is 55.0 Å². The van der Waals surface area contributed by atoms with Gasteiger partial charge in [-0.1, -0.05) is 93.7 Å². The Morgan fingerprint density at radius 1 is 0.769 bits per heavy atom. The fraction of sp³-hybridized carbons (Fsp3) is 0.619. The van der Waals surface area contributed by atoms with Gasteiger partial charge in [-0.3, -0.25) is 9.59 Å². The normalized spacial score (nSPS) is 25.3. The minimum Gasteiger partial charge on any atom is -0.461 e. The molecular weight excluding hydrogens is 784 g/mol. The Morgan fingerprint density at radius 3 is 2.06 bits per heavy atom. The topological polar surface area (TPSA) is 88.2 Å². The van der Waals surface area contributed by atoms with Crippen LogP contribution in [0.1, 0.15) is 111 Å². The summed E-state index contributed by atoms with van der Waals surface area (Å²) in [7, 11) is 0. The third kappa shape index (κ3) is 8.18. The largest absolute Gasteiger partial charge is 0.461 e. The molecule has 0 saturated heterocycles. The number of hydrogen-bond donors (Lipinski definition) is 0. The second-order valence-corrected chi connectivity index (χ2v) is 18.1. The van der Waals surface area contributed by atoms with Crippen LogP contribution < -0.4 is 0 Å². The van der Waals surface area contributed by atoms with Crippen LogP contribution in [0.4, 0.5) is 0 Å². The zero-order valence-electron chi connectivity index (χ0n) is 32.1. The Morgan fingerprint density at radius 2 is 1.40 bits per heavy atom. The summed E-state index contributed by atoms with van der Waals surface area (Å²) in [6.07, 6.45) is 6.14. The molecule has 2 aliphatic carbocycles. The predicted octanol–water partition coefficient (Wildman–Crippen LogP) is 10.4. The first-order valence-electron chi connectivity index (χ1n) is 19.5. The average Bonchev–Trinajstić information content (AvgIpc) is 3.59. The van der Waals surface area contributed by atoms with Crippen molar-refractivity contribution in [2.45, 2.75) is 132 Å². The quantitative estimate of drug-likeness (QED) is 0.140. The lowest BCUT2D eigenvalue weighted by molar-refractivity contribution is -0.158. The Hall–Kier alpha value is -2.72. The first-order valence-corrected chi connectivity index (χ1v) is 21.1. The Balaban J connectivity index is 1.28. The van der Waals surface area contributed by atoms with Crippen molar-refractivity contribution < 1.29 is 19.1 Å². The van der Waals surface area contributed by atoms with Gasteiger partial charge >= 0.3 is 11.9 Å². The van der Waals surface area contributed by atoms with Crippen molar-refractivity contribution in [2.75, 3.05) is 0 Å². The van der Waals surface area contributed by atoms with Crippen LogP contribution in [0.2, 0.25) is 0 Å². The molecule has 6 rings (SSSR count). The minimum absolute atomic E-state index is 0.0446. The van der Waals surface area contributed by atoms with Crippen molar-refractivity contribution >= 4 is 65.9 Å². The molecule has 2 aromatic heterocycles. The second kappa shape index (κ2) is 16.3. The van der Waals surface area contributed by atoms with Crippen molar-refractivity contribution in [1.82, 2.24) is 19.1 Å². The lowest BCUT2D eigenvalue weighted by Crippen LogP contribution is -2.41. The molecule has 2 aromatic carbocycles. The molecule has 7 atom stereocenters. The van der Waals surface area contributed by atoms with Crippen LogP contribution in [0, 0.1) is 35.5 Å². The molecule has 0 spiro atoms. The molecule has 2 aliphatic rings. The van der Waals surface area contributed by atoms with Crippen molar-refractivity contribution in [1.29, 1.82) is 0 Å². The number of carbonyl (C=O) groups excluding carboxylic acids is 2. The summed E-state index contributed by atoms with van der Waals surface area (Å²) in [6, 6.07) is 10.3. The molecule has 2 fully saturated rings. The van der Waals surface area contributed by atoms with E-state index in [9.17, 15) is 9.59 Å². The fourth-order valence-electron chi connectivity index (χ4n) is 9.36. The highest BCUT2D eigenvalue weighted by Gasteiger charge is 2.42. The number of fused-ring (bicyclic) bond motifs is 2. The number of benzene rings is 2. The van der Waals surface area contributed by atoms with Crippen molar-refractivity contribution in [3.8, 4) is 0 Å². The van der Waals surface area contributed by atoms with E-state index in [1.54, 1.807) is 0 Å². The standard InChI is InChI=1S/C42H56Br2N4O4/c1-9-37-45-32-19-27(43)12-14-33(32)47(37)21-40(50)52-36-17-26(8)15-30(41(36)24(5)6)31-18-28(44)20-34-42(31)46-38(10-2)48(34)22-39(49)51-35-16-25(7)11-13-29(35)23(3)4/h12,14,18-20,23-26,29-30,35-36,41H,9-11,13,15-17,21-22H2,1-8H3/t25?,26?,29-,30?,35+,36+,41+/m0/s1. The molecule has 2 heterocycles. The molecule has 282 valence electrons.